The van der Waals surface area contributed by atoms with Crippen LogP contribution >= 0.6 is 0 Å². The smallest absolute Gasteiger partial charge is 0.222 e. The zero-order valence-electron chi connectivity index (χ0n) is 11.8. The van der Waals surface area contributed by atoms with Crippen LogP contribution in [-0.4, -0.2) is 23.9 Å². The molecule has 0 aromatic heterocycles. The second-order valence-electron chi connectivity index (χ2n) is 5.46. The Hall–Kier alpha value is -1.51. The van der Waals surface area contributed by atoms with E-state index >= 15 is 0 Å². The van der Waals surface area contributed by atoms with E-state index in [9.17, 15) is 4.79 Å². The molecule has 2 rings (SSSR count). The van der Waals surface area contributed by atoms with E-state index in [2.05, 4.69) is 6.92 Å². The Balaban J connectivity index is 1.86. The Morgan fingerprint density at radius 2 is 2.21 bits per heavy atom. The summed E-state index contributed by atoms with van der Waals surface area (Å²) in [6.45, 7) is 4.09. The first-order valence-electron chi connectivity index (χ1n) is 7.32. The summed E-state index contributed by atoms with van der Waals surface area (Å²) in [6, 6.07) is 7.81. The summed E-state index contributed by atoms with van der Waals surface area (Å²) in [5, 5.41) is 0. The lowest BCUT2D eigenvalue weighted by Gasteiger charge is -2.32. The van der Waals surface area contributed by atoms with Crippen LogP contribution in [0.15, 0.2) is 24.3 Å². The molecule has 0 spiro atoms. The van der Waals surface area contributed by atoms with Gasteiger partial charge in [-0.15, -0.1) is 0 Å². The lowest BCUT2D eigenvalue weighted by molar-refractivity contribution is -0.133. The molecular weight excluding hydrogens is 236 g/mol. The normalized spacial score (nSPS) is 19.4. The highest BCUT2D eigenvalue weighted by Crippen LogP contribution is 2.20. The van der Waals surface area contributed by atoms with Crippen molar-refractivity contribution >= 4 is 11.6 Å². The largest absolute Gasteiger partial charge is 0.399 e. The maximum absolute atomic E-state index is 12.2. The number of amides is 1. The van der Waals surface area contributed by atoms with Gasteiger partial charge in [-0.2, -0.15) is 0 Å². The Labute approximate surface area is 115 Å². The van der Waals surface area contributed by atoms with Gasteiger partial charge in [-0.1, -0.05) is 31.5 Å². The number of anilines is 1. The third-order valence-corrected chi connectivity index (χ3v) is 4.11. The monoisotopic (exact) mass is 260 g/mol. The number of carbonyl (C=O) groups excluding carboxylic acids is 1. The van der Waals surface area contributed by atoms with E-state index in [1.54, 1.807) is 0 Å². The van der Waals surface area contributed by atoms with Crippen LogP contribution in [-0.2, 0) is 11.2 Å². The molecule has 19 heavy (non-hydrogen) atoms. The predicted molar refractivity (Wildman–Crippen MR) is 78.8 cm³/mol. The topological polar surface area (TPSA) is 46.3 Å². The number of carbonyl (C=O) groups is 1. The van der Waals surface area contributed by atoms with Crippen LogP contribution in [0.4, 0.5) is 5.69 Å². The van der Waals surface area contributed by atoms with Crippen molar-refractivity contribution in [2.45, 2.75) is 39.0 Å². The summed E-state index contributed by atoms with van der Waals surface area (Å²) in [5.74, 6) is 0.973. The number of hydrogen-bond acceptors (Lipinski definition) is 2. The predicted octanol–water partition coefficient (Wildman–Crippen LogP) is 2.85. The van der Waals surface area contributed by atoms with E-state index < -0.39 is 0 Å². The zero-order chi connectivity index (χ0) is 13.7. The van der Waals surface area contributed by atoms with E-state index in [-0.39, 0.29) is 5.91 Å². The molecule has 1 amide bonds. The number of nitrogens with two attached hydrogens (primary N) is 1. The number of hydrogen-bond donors (Lipinski definition) is 1. The zero-order valence-corrected chi connectivity index (χ0v) is 11.8. The van der Waals surface area contributed by atoms with Crippen molar-refractivity contribution in [2.75, 3.05) is 18.8 Å². The summed E-state index contributed by atoms with van der Waals surface area (Å²) < 4.78 is 0. The number of likely N-dealkylation sites (tertiary alicyclic amines) is 1. The molecule has 104 valence electrons. The van der Waals surface area contributed by atoms with Gasteiger partial charge in [0.1, 0.15) is 0 Å². The molecule has 0 aliphatic carbocycles. The van der Waals surface area contributed by atoms with E-state index in [4.69, 9.17) is 5.73 Å². The van der Waals surface area contributed by atoms with Gasteiger partial charge in [-0.05, 0) is 36.8 Å². The quantitative estimate of drug-likeness (QED) is 0.846. The molecule has 1 fully saturated rings. The molecular formula is C16H24N2O. The molecule has 0 bridgehead atoms. The maximum atomic E-state index is 12.2. The summed E-state index contributed by atoms with van der Waals surface area (Å²) >= 11 is 0. The van der Waals surface area contributed by atoms with Crippen LogP contribution in [0, 0.1) is 5.92 Å². The van der Waals surface area contributed by atoms with Crippen LogP contribution in [0.1, 0.15) is 38.2 Å². The summed E-state index contributed by atoms with van der Waals surface area (Å²) in [5.41, 5.74) is 7.78. The van der Waals surface area contributed by atoms with Gasteiger partial charge < -0.3 is 10.6 Å². The number of rotatable bonds is 4. The van der Waals surface area contributed by atoms with Crippen LogP contribution < -0.4 is 5.73 Å². The van der Waals surface area contributed by atoms with Crippen LogP contribution in [0.25, 0.3) is 0 Å². The fourth-order valence-electron chi connectivity index (χ4n) is 2.79. The molecule has 1 heterocycles. The van der Waals surface area contributed by atoms with Crippen LogP contribution in [0.5, 0.6) is 0 Å². The minimum atomic E-state index is 0.279. The van der Waals surface area contributed by atoms with Gasteiger partial charge in [0, 0.05) is 25.2 Å². The molecule has 3 heteroatoms. The molecule has 1 saturated heterocycles. The Bertz CT molecular complexity index is 431. The lowest BCUT2D eigenvalue weighted by Crippen LogP contribution is -2.39. The first kappa shape index (κ1) is 13.9. The van der Waals surface area contributed by atoms with Gasteiger partial charge in [0.05, 0.1) is 0 Å². The number of piperidine rings is 1. The van der Waals surface area contributed by atoms with Gasteiger partial charge in [-0.3, -0.25) is 4.79 Å². The van der Waals surface area contributed by atoms with Crippen LogP contribution in [0.3, 0.4) is 0 Å². The number of para-hydroxylation sites is 1. The highest BCUT2D eigenvalue weighted by Gasteiger charge is 2.22. The number of nitrogens with zero attached hydrogens (tertiary/aromatic N) is 1. The van der Waals surface area contributed by atoms with E-state index in [1.807, 2.05) is 29.2 Å². The number of aryl methyl sites for hydroxylation is 1. The van der Waals surface area contributed by atoms with E-state index in [0.29, 0.717) is 12.3 Å². The van der Waals surface area contributed by atoms with Crippen molar-refractivity contribution in [2.24, 2.45) is 5.92 Å². The Morgan fingerprint density at radius 3 is 2.95 bits per heavy atom. The second kappa shape index (κ2) is 6.60. The van der Waals surface area contributed by atoms with Gasteiger partial charge in [-0.25, -0.2) is 0 Å². The second-order valence-corrected chi connectivity index (χ2v) is 5.46. The van der Waals surface area contributed by atoms with Gasteiger partial charge >= 0.3 is 0 Å². The van der Waals surface area contributed by atoms with Crippen LogP contribution in [0.2, 0.25) is 0 Å². The van der Waals surface area contributed by atoms with E-state index in [1.165, 1.54) is 12.8 Å². The third kappa shape index (κ3) is 3.72. The standard InChI is InChI=1S/C16H24N2O/c1-2-13-6-5-11-18(12-13)16(19)10-9-14-7-3-4-8-15(14)17/h3-4,7-8,13H,2,5-6,9-12,17H2,1H3. The average molecular weight is 260 g/mol. The molecule has 1 atom stereocenters. The minimum Gasteiger partial charge on any atom is -0.399 e. The van der Waals surface area contributed by atoms with Gasteiger partial charge in [0.15, 0.2) is 0 Å². The highest BCUT2D eigenvalue weighted by molar-refractivity contribution is 5.76. The highest BCUT2D eigenvalue weighted by atomic mass is 16.2. The maximum Gasteiger partial charge on any atom is 0.222 e. The SMILES string of the molecule is CCC1CCCN(C(=O)CCc2ccccc2N)C1. The first-order chi connectivity index (χ1) is 9.20. The van der Waals surface area contributed by atoms with Crippen molar-refractivity contribution < 1.29 is 4.79 Å². The lowest BCUT2D eigenvalue weighted by atomic mass is 9.95. The molecule has 3 nitrogen and oxygen atoms in total. The fraction of sp³-hybridized carbons (Fsp3) is 0.562. The Morgan fingerprint density at radius 1 is 1.42 bits per heavy atom. The molecule has 1 aromatic rings. The van der Waals surface area contributed by atoms with Crippen molar-refractivity contribution in [3.05, 3.63) is 29.8 Å². The molecule has 0 saturated carbocycles. The van der Waals surface area contributed by atoms with Gasteiger partial charge in [0.25, 0.3) is 0 Å². The summed E-state index contributed by atoms with van der Waals surface area (Å²) in [6.07, 6.45) is 4.92. The van der Waals surface area contributed by atoms with Crippen molar-refractivity contribution in [1.29, 1.82) is 0 Å². The summed E-state index contributed by atoms with van der Waals surface area (Å²) in [7, 11) is 0. The molecule has 1 aliphatic heterocycles. The minimum absolute atomic E-state index is 0.279. The van der Waals surface area contributed by atoms with Crippen molar-refractivity contribution in [1.82, 2.24) is 4.90 Å². The first-order valence-corrected chi connectivity index (χ1v) is 7.32. The van der Waals surface area contributed by atoms with E-state index in [0.717, 1.165) is 37.2 Å². The van der Waals surface area contributed by atoms with Gasteiger partial charge in [0.2, 0.25) is 5.91 Å². The molecule has 0 radical (unpaired) electrons. The average Bonchev–Trinajstić information content (AvgIpc) is 2.46. The van der Waals surface area contributed by atoms with Crippen molar-refractivity contribution in [3.63, 3.8) is 0 Å². The molecule has 1 aliphatic rings. The fourth-order valence-corrected chi connectivity index (χ4v) is 2.79. The molecule has 1 unspecified atom stereocenters. The number of nitrogen functional groups attached to an aromatic ring is 1. The molecule has 2 N–H and O–H groups in total. The number of benzene rings is 1. The third-order valence-electron chi connectivity index (χ3n) is 4.11. The Kier molecular flexibility index (Phi) is 4.83. The summed E-state index contributed by atoms with van der Waals surface area (Å²) in [4.78, 5) is 14.3. The van der Waals surface area contributed by atoms with Crippen molar-refractivity contribution in [3.8, 4) is 0 Å². The molecule has 1 aromatic carbocycles.